The number of hydrogen-bond donors (Lipinski definition) is 1. The quantitative estimate of drug-likeness (QED) is 0.586. The van der Waals surface area contributed by atoms with Crippen molar-refractivity contribution in [3.63, 3.8) is 0 Å². The van der Waals surface area contributed by atoms with Crippen molar-refractivity contribution in [2.75, 3.05) is 29.9 Å². The van der Waals surface area contributed by atoms with Crippen molar-refractivity contribution in [3.8, 4) is 5.88 Å². The Hall–Kier alpha value is -2.57. The van der Waals surface area contributed by atoms with Crippen molar-refractivity contribution < 1.29 is 9.53 Å². The Balaban J connectivity index is 1.58. The number of anilines is 2. The number of halogens is 2. The molecule has 8 heteroatoms. The van der Waals surface area contributed by atoms with E-state index in [1.54, 1.807) is 18.2 Å². The zero-order valence-corrected chi connectivity index (χ0v) is 18.1. The average molecular weight is 445 g/mol. The summed E-state index contributed by atoms with van der Waals surface area (Å²) in [5.41, 5.74) is 2.03. The van der Waals surface area contributed by atoms with Gasteiger partial charge in [0.1, 0.15) is 0 Å². The number of piperidine rings is 1. The summed E-state index contributed by atoms with van der Waals surface area (Å²) in [6.07, 6.45) is 1.63. The predicted molar refractivity (Wildman–Crippen MR) is 121 cm³/mol. The molecule has 1 fully saturated rings. The van der Waals surface area contributed by atoms with Crippen molar-refractivity contribution in [1.82, 2.24) is 9.97 Å². The van der Waals surface area contributed by atoms with Crippen LogP contribution in [0, 0.1) is 5.92 Å². The van der Waals surface area contributed by atoms with E-state index >= 15 is 0 Å². The summed E-state index contributed by atoms with van der Waals surface area (Å²) in [5.74, 6) is 0.825. The summed E-state index contributed by atoms with van der Waals surface area (Å²) in [4.78, 5) is 24.5. The fourth-order valence-electron chi connectivity index (χ4n) is 3.64. The number of rotatable bonds is 5. The summed E-state index contributed by atoms with van der Waals surface area (Å²) in [6, 6.07) is 12.8. The van der Waals surface area contributed by atoms with Crippen LogP contribution in [0.15, 0.2) is 42.5 Å². The first kappa shape index (κ1) is 20.7. The SMILES string of the molecule is CCOc1nc2ccccc2nc1N1CCC[C@H](C(=O)Nc2c(Cl)cccc2Cl)C1. The van der Waals surface area contributed by atoms with Gasteiger partial charge in [0.2, 0.25) is 5.91 Å². The average Bonchev–Trinajstić information content (AvgIpc) is 2.76. The molecule has 156 valence electrons. The third kappa shape index (κ3) is 4.30. The molecule has 0 aliphatic carbocycles. The van der Waals surface area contributed by atoms with E-state index in [1.165, 1.54) is 0 Å². The summed E-state index contributed by atoms with van der Waals surface area (Å²) in [7, 11) is 0. The number of carbonyl (C=O) groups excluding carboxylic acids is 1. The van der Waals surface area contributed by atoms with Crippen molar-refractivity contribution in [2.45, 2.75) is 19.8 Å². The van der Waals surface area contributed by atoms with Crippen molar-refractivity contribution >= 4 is 51.6 Å². The maximum atomic E-state index is 12.9. The largest absolute Gasteiger partial charge is 0.475 e. The van der Waals surface area contributed by atoms with Crippen LogP contribution in [0.2, 0.25) is 10.0 Å². The Kier molecular flexibility index (Phi) is 6.25. The normalized spacial score (nSPS) is 16.5. The molecule has 1 saturated heterocycles. The van der Waals surface area contributed by atoms with E-state index in [0.717, 1.165) is 30.4 Å². The highest BCUT2D eigenvalue weighted by Gasteiger charge is 2.29. The molecule has 30 heavy (non-hydrogen) atoms. The highest BCUT2D eigenvalue weighted by Crippen LogP contribution is 2.33. The first-order chi connectivity index (χ1) is 14.6. The fourth-order valence-corrected chi connectivity index (χ4v) is 4.13. The van der Waals surface area contributed by atoms with Crippen LogP contribution in [0.3, 0.4) is 0 Å². The van der Waals surface area contributed by atoms with Gasteiger partial charge in [0.15, 0.2) is 5.82 Å². The van der Waals surface area contributed by atoms with Crippen LogP contribution < -0.4 is 15.0 Å². The van der Waals surface area contributed by atoms with E-state index in [0.29, 0.717) is 40.6 Å². The number of amides is 1. The maximum absolute atomic E-state index is 12.9. The minimum atomic E-state index is -0.228. The maximum Gasteiger partial charge on any atom is 0.258 e. The van der Waals surface area contributed by atoms with Crippen LogP contribution in [0.4, 0.5) is 11.5 Å². The molecule has 2 heterocycles. The number of carbonyl (C=O) groups is 1. The molecule has 2 aromatic carbocycles. The summed E-state index contributed by atoms with van der Waals surface area (Å²) >= 11 is 12.4. The molecule has 0 unspecified atom stereocenters. The molecule has 1 aliphatic heterocycles. The Morgan fingerprint density at radius 1 is 1.13 bits per heavy atom. The van der Waals surface area contributed by atoms with Gasteiger partial charge in [-0.25, -0.2) is 9.97 Å². The molecule has 1 aromatic heterocycles. The minimum Gasteiger partial charge on any atom is -0.475 e. The lowest BCUT2D eigenvalue weighted by Crippen LogP contribution is -2.41. The summed E-state index contributed by atoms with van der Waals surface area (Å²) in [6.45, 7) is 3.70. The molecule has 0 spiro atoms. The molecular weight excluding hydrogens is 423 g/mol. The Morgan fingerprint density at radius 2 is 1.83 bits per heavy atom. The number of benzene rings is 2. The number of fused-ring (bicyclic) bond motifs is 1. The standard InChI is InChI=1S/C22H22Cl2N4O2/c1-2-30-22-20(25-17-10-3-4-11-18(17)26-22)28-12-6-7-14(13-28)21(29)27-19-15(23)8-5-9-16(19)24/h3-5,8-11,14H,2,6-7,12-13H2,1H3,(H,27,29)/t14-/m0/s1. The molecular formula is C22H22Cl2N4O2. The minimum absolute atomic E-state index is 0.110. The predicted octanol–water partition coefficient (Wildman–Crippen LogP) is 5.19. The van der Waals surface area contributed by atoms with Gasteiger partial charge in [0.05, 0.1) is 39.3 Å². The highest BCUT2D eigenvalue weighted by molar-refractivity contribution is 6.39. The van der Waals surface area contributed by atoms with Gasteiger partial charge in [-0.1, -0.05) is 41.4 Å². The first-order valence-electron chi connectivity index (χ1n) is 9.96. The van der Waals surface area contributed by atoms with Crippen LogP contribution in [0.1, 0.15) is 19.8 Å². The molecule has 6 nitrogen and oxygen atoms in total. The molecule has 0 bridgehead atoms. The van der Waals surface area contributed by atoms with Crippen LogP contribution in [0.25, 0.3) is 11.0 Å². The van der Waals surface area contributed by atoms with Crippen LogP contribution in [-0.2, 0) is 4.79 Å². The second-order valence-corrected chi connectivity index (χ2v) is 7.96. The van der Waals surface area contributed by atoms with E-state index in [-0.39, 0.29) is 11.8 Å². The number of hydrogen-bond acceptors (Lipinski definition) is 5. The third-order valence-corrected chi connectivity index (χ3v) is 5.74. The number of nitrogens with one attached hydrogen (secondary N) is 1. The van der Waals surface area contributed by atoms with Crippen molar-refractivity contribution in [2.24, 2.45) is 5.92 Å². The molecule has 4 rings (SSSR count). The number of aromatic nitrogens is 2. The van der Waals surface area contributed by atoms with Gasteiger partial charge in [-0.3, -0.25) is 4.79 Å². The first-order valence-corrected chi connectivity index (χ1v) is 10.7. The third-order valence-electron chi connectivity index (χ3n) is 5.11. The van der Waals surface area contributed by atoms with Crippen LogP contribution in [-0.4, -0.2) is 35.6 Å². The second-order valence-electron chi connectivity index (χ2n) is 7.15. The summed E-state index contributed by atoms with van der Waals surface area (Å²) < 4.78 is 5.77. The highest BCUT2D eigenvalue weighted by atomic mass is 35.5. The number of ether oxygens (including phenoxy) is 1. The molecule has 0 radical (unpaired) electrons. The van der Waals surface area contributed by atoms with E-state index < -0.39 is 0 Å². The fraction of sp³-hybridized carbons (Fsp3) is 0.318. The Bertz CT molecular complexity index is 1060. The second kappa shape index (κ2) is 9.06. The Labute approximate surface area is 185 Å². The lowest BCUT2D eigenvalue weighted by molar-refractivity contribution is -0.120. The zero-order valence-electron chi connectivity index (χ0n) is 16.6. The number of nitrogens with zero attached hydrogens (tertiary/aromatic N) is 3. The van der Waals surface area contributed by atoms with E-state index in [2.05, 4.69) is 15.2 Å². The lowest BCUT2D eigenvalue weighted by Gasteiger charge is -2.33. The number of para-hydroxylation sites is 3. The zero-order chi connectivity index (χ0) is 21.1. The van der Waals surface area contributed by atoms with E-state index in [4.69, 9.17) is 32.9 Å². The molecule has 1 aliphatic rings. The van der Waals surface area contributed by atoms with Gasteiger partial charge in [0.25, 0.3) is 5.88 Å². The van der Waals surface area contributed by atoms with Gasteiger partial charge in [-0.2, -0.15) is 0 Å². The molecule has 1 N–H and O–H groups in total. The van der Waals surface area contributed by atoms with E-state index in [9.17, 15) is 4.79 Å². The van der Waals surface area contributed by atoms with Gasteiger partial charge in [-0.05, 0) is 44.0 Å². The van der Waals surface area contributed by atoms with Gasteiger partial charge in [-0.15, -0.1) is 0 Å². The molecule has 0 saturated carbocycles. The monoisotopic (exact) mass is 444 g/mol. The van der Waals surface area contributed by atoms with Gasteiger partial charge in [0, 0.05) is 13.1 Å². The van der Waals surface area contributed by atoms with Crippen molar-refractivity contribution in [1.29, 1.82) is 0 Å². The smallest absolute Gasteiger partial charge is 0.258 e. The molecule has 3 aromatic rings. The molecule has 1 atom stereocenters. The molecule has 1 amide bonds. The van der Waals surface area contributed by atoms with E-state index in [1.807, 2.05) is 31.2 Å². The Morgan fingerprint density at radius 3 is 2.53 bits per heavy atom. The van der Waals surface area contributed by atoms with Crippen molar-refractivity contribution in [3.05, 3.63) is 52.5 Å². The van der Waals surface area contributed by atoms with Gasteiger partial charge < -0.3 is 15.0 Å². The van der Waals surface area contributed by atoms with Crippen LogP contribution >= 0.6 is 23.2 Å². The van der Waals surface area contributed by atoms with Gasteiger partial charge >= 0.3 is 0 Å². The van der Waals surface area contributed by atoms with Crippen LogP contribution in [0.5, 0.6) is 5.88 Å². The summed E-state index contributed by atoms with van der Waals surface area (Å²) in [5, 5.41) is 3.73. The topological polar surface area (TPSA) is 67.4 Å². The lowest BCUT2D eigenvalue weighted by atomic mass is 9.97.